The molecule has 0 aliphatic rings. The van der Waals surface area contributed by atoms with Crippen molar-refractivity contribution >= 4 is 28.8 Å². The van der Waals surface area contributed by atoms with Gasteiger partial charge in [0, 0.05) is 16.6 Å². The highest BCUT2D eigenvalue weighted by atomic mass is 35.5. The second kappa shape index (κ2) is 5.67. The third kappa shape index (κ3) is 3.00. The summed E-state index contributed by atoms with van der Waals surface area (Å²) in [5.41, 5.74) is 1.00. The summed E-state index contributed by atoms with van der Waals surface area (Å²) in [6.07, 6.45) is 1.74. The van der Waals surface area contributed by atoms with Gasteiger partial charge in [0.25, 0.3) is 0 Å². The molecule has 0 aromatic carbocycles. The lowest BCUT2D eigenvalue weighted by atomic mass is 10.0. The molecule has 96 valence electrons. The van der Waals surface area contributed by atoms with Crippen LogP contribution in [0.5, 0.6) is 0 Å². The Bertz CT molecular complexity index is 511. The highest BCUT2D eigenvalue weighted by Crippen LogP contribution is 2.30. The summed E-state index contributed by atoms with van der Waals surface area (Å²) in [6.45, 7) is 6.36. The van der Waals surface area contributed by atoms with E-state index in [0.717, 1.165) is 11.4 Å². The van der Waals surface area contributed by atoms with Crippen LogP contribution in [0.2, 0.25) is 5.28 Å². The number of halogens is 1. The summed E-state index contributed by atoms with van der Waals surface area (Å²) in [7, 11) is 0. The fraction of sp³-hybridized carbons (Fsp3) is 0.385. The standard InChI is InChI=1S/C13H16ClN3S/c1-8(2)11(10-5-4-6-18-10)16-12-9(3)7-15-13(14)17-12/h4-8,11H,1-3H3,(H,15,16,17). The molecule has 0 aliphatic carbocycles. The number of hydrogen-bond donors (Lipinski definition) is 1. The zero-order valence-corrected chi connectivity index (χ0v) is 12.2. The summed E-state index contributed by atoms with van der Waals surface area (Å²) in [4.78, 5) is 9.53. The average molecular weight is 282 g/mol. The van der Waals surface area contributed by atoms with Crippen LogP contribution in [0, 0.1) is 12.8 Å². The molecule has 0 fully saturated rings. The molecular formula is C13H16ClN3S. The van der Waals surface area contributed by atoms with E-state index in [1.54, 1.807) is 17.5 Å². The first kappa shape index (κ1) is 13.3. The van der Waals surface area contributed by atoms with Gasteiger partial charge < -0.3 is 5.32 Å². The fourth-order valence-corrected chi connectivity index (χ4v) is 2.83. The Labute approximate surface area is 116 Å². The molecule has 0 spiro atoms. The van der Waals surface area contributed by atoms with Crippen molar-refractivity contribution in [2.45, 2.75) is 26.8 Å². The quantitative estimate of drug-likeness (QED) is 0.849. The fourth-order valence-electron chi connectivity index (χ4n) is 1.75. The summed E-state index contributed by atoms with van der Waals surface area (Å²) >= 11 is 7.59. The lowest BCUT2D eigenvalue weighted by Crippen LogP contribution is -2.17. The van der Waals surface area contributed by atoms with Gasteiger partial charge in [0.1, 0.15) is 5.82 Å². The van der Waals surface area contributed by atoms with E-state index >= 15 is 0 Å². The Morgan fingerprint density at radius 2 is 2.17 bits per heavy atom. The van der Waals surface area contributed by atoms with Crippen molar-refractivity contribution in [2.75, 3.05) is 5.32 Å². The second-order valence-corrected chi connectivity index (χ2v) is 5.87. The maximum atomic E-state index is 5.85. The van der Waals surface area contributed by atoms with Crippen molar-refractivity contribution in [1.29, 1.82) is 0 Å². The zero-order chi connectivity index (χ0) is 13.1. The van der Waals surface area contributed by atoms with E-state index in [1.165, 1.54) is 4.88 Å². The molecule has 1 atom stereocenters. The van der Waals surface area contributed by atoms with Gasteiger partial charge >= 0.3 is 0 Å². The van der Waals surface area contributed by atoms with Crippen LogP contribution >= 0.6 is 22.9 Å². The van der Waals surface area contributed by atoms with Crippen LogP contribution in [0.1, 0.15) is 30.3 Å². The largest absolute Gasteiger partial charge is 0.362 e. The Morgan fingerprint density at radius 3 is 2.78 bits per heavy atom. The summed E-state index contributed by atoms with van der Waals surface area (Å²) in [6, 6.07) is 4.45. The van der Waals surface area contributed by atoms with Gasteiger partial charge in [-0.3, -0.25) is 0 Å². The van der Waals surface area contributed by atoms with E-state index in [1.807, 2.05) is 6.92 Å². The maximum Gasteiger partial charge on any atom is 0.224 e. The smallest absolute Gasteiger partial charge is 0.224 e. The van der Waals surface area contributed by atoms with E-state index in [4.69, 9.17) is 11.6 Å². The first-order chi connectivity index (χ1) is 8.58. The Hall–Kier alpha value is -1.13. The molecule has 0 saturated carbocycles. The normalized spacial score (nSPS) is 12.7. The van der Waals surface area contributed by atoms with Crippen molar-refractivity contribution < 1.29 is 0 Å². The molecule has 3 nitrogen and oxygen atoms in total. The van der Waals surface area contributed by atoms with Crippen LogP contribution in [0.3, 0.4) is 0 Å². The minimum absolute atomic E-state index is 0.245. The second-order valence-electron chi connectivity index (χ2n) is 4.55. The molecule has 0 bridgehead atoms. The molecule has 0 aliphatic heterocycles. The number of nitrogens with zero attached hydrogens (tertiary/aromatic N) is 2. The molecule has 18 heavy (non-hydrogen) atoms. The van der Waals surface area contributed by atoms with Crippen molar-refractivity contribution in [1.82, 2.24) is 9.97 Å². The Morgan fingerprint density at radius 1 is 1.39 bits per heavy atom. The van der Waals surface area contributed by atoms with Crippen LogP contribution in [0.15, 0.2) is 23.7 Å². The highest BCUT2D eigenvalue weighted by molar-refractivity contribution is 7.10. The van der Waals surface area contributed by atoms with Crippen LogP contribution in [-0.2, 0) is 0 Å². The molecule has 2 rings (SSSR count). The molecule has 0 radical (unpaired) electrons. The maximum absolute atomic E-state index is 5.85. The van der Waals surface area contributed by atoms with Gasteiger partial charge in [-0.05, 0) is 35.9 Å². The molecule has 1 unspecified atom stereocenters. The van der Waals surface area contributed by atoms with E-state index in [-0.39, 0.29) is 11.3 Å². The summed E-state index contributed by atoms with van der Waals surface area (Å²) < 4.78 is 0. The van der Waals surface area contributed by atoms with Gasteiger partial charge in [0.2, 0.25) is 5.28 Å². The minimum atomic E-state index is 0.245. The predicted octanol–water partition coefficient (Wildman–Crippen LogP) is 4.31. The highest BCUT2D eigenvalue weighted by Gasteiger charge is 2.18. The van der Waals surface area contributed by atoms with Crippen LogP contribution in [0.4, 0.5) is 5.82 Å². The van der Waals surface area contributed by atoms with Gasteiger partial charge in [-0.15, -0.1) is 11.3 Å². The number of nitrogens with one attached hydrogen (secondary N) is 1. The molecule has 0 amide bonds. The monoisotopic (exact) mass is 281 g/mol. The first-order valence-electron chi connectivity index (χ1n) is 5.87. The Kier molecular flexibility index (Phi) is 4.19. The SMILES string of the molecule is Cc1cnc(Cl)nc1NC(c1cccs1)C(C)C. The zero-order valence-electron chi connectivity index (χ0n) is 10.6. The number of rotatable bonds is 4. The number of thiophene rings is 1. The number of hydrogen-bond acceptors (Lipinski definition) is 4. The van der Waals surface area contributed by atoms with Crippen molar-refractivity contribution in [3.63, 3.8) is 0 Å². The third-order valence-corrected chi connectivity index (χ3v) is 3.89. The van der Waals surface area contributed by atoms with Gasteiger partial charge in [0.15, 0.2) is 0 Å². The number of aromatic nitrogens is 2. The predicted molar refractivity (Wildman–Crippen MR) is 77.3 cm³/mol. The summed E-state index contributed by atoms with van der Waals surface area (Å²) in [5, 5.41) is 5.83. The molecular weight excluding hydrogens is 266 g/mol. The van der Waals surface area contributed by atoms with Crippen LogP contribution in [0.25, 0.3) is 0 Å². The molecule has 2 aromatic heterocycles. The van der Waals surface area contributed by atoms with Crippen LogP contribution in [-0.4, -0.2) is 9.97 Å². The molecule has 2 heterocycles. The number of anilines is 1. The van der Waals surface area contributed by atoms with Crippen molar-refractivity contribution in [2.24, 2.45) is 5.92 Å². The topological polar surface area (TPSA) is 37.8 Å². The average Bonchev–Trinajstić information content (AvgIpc) is 2.83. The Balaban J connectivity index is 2.27. The third-order valence-electron chi connectivity index (χ3n) is 2.75. The molecule has 1 N–H and O–H groups in total. The van der Waals surface area contributed by atoms with Gasteiger partial charge in [-0.2, -0.15) is 0 Å². The number of aryl methyl sites for hydroxylation is 1. The van der Waals surface area contributed by atoms with E-state index < -0.39 is 0 Å². The van der Waals surface area contributed by atoms with Gasteiger partial charge in [0.05, 0.1) is 6.04 Å². The van der Waals surface area contributed by atoms with Crippen molar-refractivity contribution in [3.05, 3.63) is 39.4 Å². The minimum Gasteiger partial charge on any atom is -0.362 e. The van der Waals surface area contributed by atoms with E-state index in [9.17, 15) is 0 Å². The van der Waals surface area contributed by atoms with Crippen molar-refractivity contribution in [3.8, 4) is 0 Å². The first-order valence-corrected chi connectivity index (χ1v) is 7.12. The van der Waals surface area contributed by atoms with Crippen LogP contribution < -0.4 is 5.32 Å². The lowest BCUT2D eigenvalue weighted by molar-refractivity contribution is 0.551. The molecule has 5 heteroatoms. The van der Waals surface area contributed by atoms with Gasteiger partial charge in [-0.25, -0.2) is 9.97 Å². The molecule has 0 saturated heterocycles. The molecule has 2 aromatic rings. The van der Waals surface area contributed by atoms with Gasteiger partial charge in [-0.1, -0.05) is 19.9 Å². The summed E-state index contributed by atoms with van der Waals surface area (Å²) in [5.74, 6) is 1.28. The lowest BCUT2D eigenvalue weighted by Gasteiger charge is -2.22. The van der Waals surface area contributed by atoms with E-state index in [2.05, 4.69) is 46.6 Å². The van der Waals surface area contributed by atoms with E-state index in [0.29, 0.717) is 5.92 Å².